The largest absolute Gasteiger partial charge is 0.478 e. The van der Waals surface area contributed by atoms with E-state index < -0.39 is 5.97 Å². The average Bonchev–Trinajstić information content (AvgIpc) is 3.79. The number of anilines is 1. The van der Waals surface area contributed by atoms with Gasteiger partial charge < -0.3 is 20.9 Å². The molecule has 1 aliphatic rings. The number of aromatic nitrogens is 4. The Kier molecular flexibility index (Phi) is 13.5. The van der Waals surface area contributed by atoms with E-state index in [0.29, 0.717) is 35.6 Å². The molecule has 1 saturated carbocycles. The Labute approximate surface area is 271 Å². The number of carboxylic acid groups (broad SMARTS) is 1. The van der Waals surface area contributed by atoms with Crippen LogP contribution in [0.2, 0.25) is 5.02 Å². The van der Waals surface area contributed by atoms with Crippen molar-refractivity contribution in [2.45, 2.75) is 97.1 Å². The van der Waals surface area contributed by atoms with Crippen LogP contribution in [-0.4, -0.2) is 44.0 Å². The highest BCUT2D eigenvalue weighted by atomic mass is 35.5. The second-order valence-electron chi connectivity index (χ2n) is 11.7. The number of aromatic carboxylic acids is 1. The topological polar surface area (TPSA) is 128 Å². The zero-order valence-corrected chi connectivity index (χ0v) is 27.4. The van der Waals surface area contributed by atoms with E-state index in [9.17, 15) is 9.90 Å². The third kappa shape index (κ3) is 10.7. The molecule has 1 aromatic carbocycles. The van der Waals surface area contributed by atoms with E-state index in [1.165, 1.54) is 62.3 Å². The van der Waals surface area contributed by atoms with Gasteiger partial charge in [-0.15, -0.1) is 0 Å². The molecule has 3 aromatic heterocycles. The fraction of sp³-hybridized carbons (Fsp3) is 0.486. The van der Waals surface area contributed by atoms with Crippen LogP contribution in [0.15, 0.2) is 48.9 Å². The Morgan fingerprint density at radius 1 is 1.04 bits per heavy atom. The van der Waals surface area contributed by atoms with Gasteiger partial charge in [-0.3, -0.25) is 4.68 Å². The van der Waals surface area contributed by atoms with Gasteiger partial charge in [0.2, 0.25) is 5.88 Å². The third-order valence-electron chi connectivity index (χ3n) is 7.87. The van der Waals surface area contributed by atoms with Crippen molar-refractivity contribution in [2.75, 3.05) is 18.9 Å². The molecule has 0 aliphatic heterocycles. The van der Waals surface area contributed by atoms with E-state index in [4.69, 9.17) is 22.1 Å². The van der Waals surface area contributed by atoms with Crippen molar-refractivity contribution in [1.29, 1.82) is 0 Å². The molecule has 242 valence electrons. The van der Waals surface area contributed by atoms with E-state index in [2.05, 4.69) is 45.5 Å². The maximum Gasteiger partial charge on any atom is 0.339 e. The summed E-state index contributed by atoms with van der Waals surface area (Å²) in [6.45, 7) is 7.08. The van der Waals surface area contributed by atoms with Crippen LogP contribution >= 0.6 is 11.6 Å². The highest BCUT2D eigenvalue weighted by molar-refractivity contribution is 6.31. The van der Waals surface area contributed by atoms with Gasteiger partial charge in [0.05, 0.1) is 18.8 Å². The summed E-state index contributed by atoms with van der Waals surface area (Å²) in [5.41, 5.74) is 9.00. The van der Waals surface area contributed by atoms with Crippen molar-refractivity contribution < 1.29 is 14.6 Å². The number of pyridine rings is 2. The number of ether oxygens (including phenoxy) is 1. The third-order valence-corrected chi connectivity index (χ3v) is 8.14. The van der Waals surface area contributed by atoms with Crippen LogP contribution in [-0.2, 0) is 13.1 Å². The zero-order chi connectivity index (χ0) is 32.0. The summed E-state index contributed by atoms with van der Waals surface area (Å²) in [6.07, 6.45) is 18.0. The van der Waals surface area contributed by atoms with Gasteiger partial charge in [0.25, 0.3) is 0 Å². The number of carboxylic acids is 1. The summed E-state index contributed by atoms with van der Waals surface area (Å²) in [6, 6.07) is 10.2. The standard InChI is InChI=1S/C20H31N3.C15H16ClN3O3/c1-2-3-4-5-6-7-8-9-13-22-16-17-10-11-19-18(15-17)12-14-23-20(19)21;1-2-22-14-12(16)5-9(6-17-14)7-19-8-11(15(20)21)13(18-19)10-3-4-10/h10-12,14-15,22H,2-9,13,16H2,1H3,(H2,21,23);5-6,8,10H,2-4,7H2,1H3,(H,20,21). The monoisotopic (exact) mass is 634 g/mol. The Bertz CT molecular complexity index is 1520. The Morgan fingerprint density at radius 2 is 1.80 bits per heavy atom. The molecule has 0 amide bonds. The van der Waals surface area contributed by atoms with Crippen LogP contribution in [0.1, 0.15) is 111 Å². The van der Waals surface area contributed by atoms with Gasteiger partial charge in [0.1, 0.15) is 16.4 Å². The maximum atomic E-state index is 11.3. The van der Waals surface area contributed by atoms with Crippen LogP contribution in [0.25, 0.3) is 10.8 Å². The van der Waals surface area contributed by atoms with E-state index in [1.54, 1.807) is 29.3 Å². The van der Waals surface area contributed by atoms with Gasteiger partial charge >= 0.3 is 5.97 Å². The van der Waals surface area contributed by atoms with Crippen molar-refractivity contribution in [2.24, 2.45) is 0 Å². The first-order valence-electron chi connectivity index (χ1n) is 16.3. The molecule has 0 radical (unpaired) electrons. The minimum Gasteiger partial charge on any atom is -0.478 e. The van der Waals surface area contributed by atoms with Gasteiger partial charge in [-0.25, -0.2) is 14.8 Å². The number of nitrogens with two attached hydrogens (primary N) is 1. The summed E-state index contributed by atoms with van der Waals surface area (Å²) >= 11 is 6.11. The lowest BCUT2D eigenvalue weighted by molar-refractivity contribution is 0.0695. The highest BCUT2D eigenvalue weighted by Crippen LogP contribution is 2.40. The average molecular weight is 635 g/mol. The zero-order valence-electron chi connectivity index (χ0n) is 26.6. The van der Waals surface area contributed by atoms with Crippen molar-refractivity contribution in [3.8, 4) is 5.88 Å². The van der Waals surface area contributed by atoms with Crippen molar-refractivity contribution in [3.63, 3.8) is 0 Å². The summed E-state index contributed by atoms with van der Waals surface area (Å²) in [5.74, 6) is 0.365. The van der Waals surface area contributed by atoms with Crippen LogP contribution < -0.4 is 15.8 Å². The van der Waals surface area contributed by atoms with E-state index in [0.717, 1.165) is 36.9 Å². The molecule has 0 bridgehead atoms. The fourth-order valence-electron chi connectivity index (χ4n) is 5.30. The van der Waals surface area contributed by atoms with Crippen LogP contribution in [0, 0.1) is 0 Å². The molecule has 3 heterocycles. The number of unbranched alkanes of at least 4 members (excludes halogenated alkanes) is 7. The second-order valence-corrected chi connectivity index (χ2v) is 12.1. The Hall–Kier alpha value is -3.69. The minimum absolute atomic E-state index is 0.285. The number of fused-ring (bicyclic) bond motifs is 1. The molecular formula is C35H47ClN6O3. The highest BCUT2D eigenvalue weighted by Gasteiger charge is 2.31. The molecule has 10 heteroatoms. The molecule has 0 atom stereocenters. The van der Waals surface area contributed by atoms with E-state index >= 15 is 0 Å². The summed E-state index contributed by atoms with van der Waals surface area (Å²) in [5, 5.41) is 19.9. The molecule has 4 N–H and O–H groups in total. The number of hydrogen-bond acceptors (Lipinski definition) is 7. The van der Waals surface area contributed by atoms with Gasteiger partial charge in [0.15, 0.2) is 0 Å². The molecule has 1 aliphatic carbocycles. The van der Waals surface area contributed by atoms with Crippen molar-refractivity contribution in [1.82, 2.24) is 25.1 Å². The summed E-state index contributed by atoms with van der Waals surface area (Å²) < 4.78 is 6.92. The minimum atomic E-state index is -0.934. The molecule has 9 nitrogen and oxygen atoms in total. The predicted molar refractivity (Wildman–Crippen MR) is 181 cm³/mol. The smallest absolute Gasteiger partial charge is 0.339 e. The Morgan fingerprint density at radius 3 is 2.49 bits per heavy atom. The molecular weight excluding hydrogens is 588 g/mol. The van der Waals surface area contributed by atoms with E-state index in [-0.39, 0.29) is 11.5 Å². The first-order chi connectivity index (χ1) is 21.9. The quantitative estimate of drug-likeness (QED) is 0.0997. The normalized spacial score (nSPS) is 12.6. The predicted octanol–water partition coefficient (Wildman–Crippen LogP) is 8.00. The Balaban J connectivity index is 0.000000205. The molecule has 1 fully saturated rings. The summed E-state index contributed by atoms with van der Waals surface area (Å²) in [4.78, 5) is 19.6. The number of rotatable bonds is 17. The van der Waals surface area contributed by atoms with Crippen molar-refractivity contribution >= 4 is 34.2 Å². The van der Waals surface area contributed by atoms with Gasteiger partial charge in [-0.2, -0.15) is 5.10 Å². The molecule has 0 spiro atoms. The number of nitrogen functional groups attached to an aromatic ring is 1. The SMILES string of the molecule is CCCCCCCCCCNCc1ccc2c(N)nccc2c1.CCOc1ncc(Cn2cc(C(=O)O)c(C3CC3)n2)cc1Cl. The number of benzene rings is 1. The lowest BCUT2D eigenvalue weighted by Crippen LogP contribution is -2.14. The lowest BCUT2D eigenvalue weighted by Gasteiger charge is -2.07. The van der Waals surface area contributed by atoms with Crippen molar-refractivity contribution in [3.05, 3.63) is 76.3 Å². The lowest BCUT2D eigenvalue weighted by atomic mass is 10.1. The van der Waals surface area contributed by atoms with Crippen LogP contribution in [0.4, 0.5) is 5.82 Å². The van der Waals surface area contributed by atoms with E-state index in [1.807, 2.05) is 13.0 Å². The molecule has 45 heavy (non-hydrogen) atoms. The number of nitrogens with one attached hydrogen (secondary N) is 1. The number of hydrogen-bond donors (Lipinski definition) is 3. The number of halogens is 1. The molecule has 4 aromatic rings. The van der Waals surface area contributed by atoms with Gasteiger partial charge in [-0.1, -0.05) is 75.6 Å². The van der Waals surface area contributed by atoms with Crippen LogP contribution in [0.5, 0.6) is 5.88 Å². The number of carbonyl (C=O) groups is 1. The molecule has 0 saturated heterocycles. The first-order valence-corrected chi connectivity index (χ1v) is 16.7. The molecule has 5 rings (SSSR count). The fourth-order valence-corrected chi connectivity index (χ4v) is 5.54. The van der Waals surface area contributed by atoms with Gasteiger partial charge in [-0.05, 0) is 67.4 Å². The molecule has 0 unspecified atom stereocenters. The van der Waals surface area contributed by atoms with Crippen LogP contribution in [0.3, 0.4) is 0 Å². The first kappa shape index (κ1) is 34.2. The number of nitrogens with zero attached hydrogens (tertiary/aromatic N) is 4. The van der Waals surface area contributed by atoms with Gasteiger partial charge in [0, 0.05) is 36.4 Å². The summed E-state index contributed by atoms with van der Waals surface area (Å²) in [7, 11) is 0. The maximum absolute atomic E-state index is 11.3. The second kappa shape index (κ2) is 17.7.